The molecule has 1 N–H and O–H groups in total. The van der Waals surface area contributed by atoms with Gasteiger partial charge in [-0.25, -0.2) is 4.39 Å². The Morgan fingerprint density at radius 3 is 2.41 bits per heavy atom. The van der Waals surface area contributed by atoms with E-state index in [0.29, 0.717) is 17.5 Å². The summed E-state index contributed by atoms with van der Waals surface area (Å²) in [5, 5.41) is 9.07. The number of anilines is 1. The zero-order valence-corrected chi connectivity index (χ0v) is 11.1. The second-order valence-electron chi connectivity index (χ2n) is 5.07. The van der Waals surface area contributed by atoms with Crippen LogP contribution >= 0.6 is 0 Å². The summed E-state index contributed by atoms with van der Waals surface area (Å²) in [6.45, 7) is 6.35. The smallest absolute Gasteiger partial charge is 0.125 e. The van der Waals surface area contributed by atoms with Crippen LogP contribution in [0.5, 0.6) is 0 Å². The van der Waals surface area contributed by atoms with E-state index >= 15 is 0 Å². The fraction of sp³-hybridized carbons (Fsp3) is 0.571. The molecular weight excluding hydrogens is 217 g/mol. The fourth-order valence-electron chi connectivity index (χ4n) is 2.02. The lowest BCUT2D eigenvalue weighted by Crippen LogP contribution is -2.30. The number of benzene rings is 1. The van der Waals surface area contributed by atoms with Gasteiger partial charge in [-0.05, 0) is 43.0 Å². The number of halogens is 1. The Kier molecular flexibility index (Phi) is 4.94. The molecule has 1 aromatic carbocycles. The summed E-state index contributed by atoms with van der Waals surface area (Å²) < 4.78 is 13.4. The summed E-state index contributed by atoms with van der Waals surface area (Å²) >= 11 is 0. The van der Waals surface area contributed by atoms with Gasteiger partial charge in [-0.15, -0.1) is 0 Å². The van der Waals surface area contributed by atoms with Crippen LogP contribution in [0.15, 0.2) is 18.2 Å². The van der Waals surface area contributed by atoms with Crippen molar-refractivity contribution >= 4 is 5.69 Å². The number of rotatable bonds is 5. The van der Waals surface area contributed by atoms with Crippen molar-refractivity contribution in [2.24, 2.45) is 5.92 Å². The molecule has 0 saturated heterocycles. The summed E-state index contributed by atoms with van der Waals surface area (Å²) in [5.74, 6) is 0.313. The van der Waals surface area contributed by atoms with E-state index in [9.17, 15) is 4.39 Å². The molecule has 0 aliphatic carbocycles. The molecule has 96 valence electrons. The molecule has 0 spiro atoms. The van der Waals surface area contributed by atoms with Crippen molar-refractivity contribution in [3.8, 4) is 0 Å². The van der Waals surface area contributed by atoms with Crippen molar-refractivity contribution in [3.05, 3.63) is 29.6 Å². The molecule has 1 aromatic rings. The summed E-state index contributed by atoms with van der Waals surface area (Å²) in [4.78, 5) is 2.06. The van der Waals surface area contributed by atoms with E-state index in [2.05, 4.69) is 25.7 Å². The maximum absolute atomic E-state index is 13.4. The Labute approximate surface area is 103 Å². The summed E-state index contributed by atoms with van der Waals surface area (Å²) in [6, 6.07) is 5.06. The van der Waals surface area contributed by atoms with Gasteiger partial charge >= 0.3 is 0 Å². The van der Waals surface area contributed by atoms with E-state index < -0.39 is 0 Å². The van der Waals surface area contributed by atoms with E-state index in [-0.39, 0.29) is 12.4 Å². The van der Waals surface area contributed by atoms with Crippen LogP contribution in [0.2, 0.25) is 0 Å². The highest BCUT2D eigenvalue weighted by molar-refractivity contribution is 5.49. The molecule has 0 aliphatic heterocycles. The number of hydrogen-bond donors (Lipinski definition) is 1. The van der Waals surface area contributed by atoms with Gasteiger partial charge in [0, 0.05) is 18.8 Å². The van der Waals surface area contributed by atoms with E-state index in [4.69, 9.17) is 5.11 Å². The predicted molar refractivity (Wildman–Crippen MR) is 69.6 cm³/mol. The molecule has 0 radical (unpaired) electrons. The zero-order chi connectivity index (χ0) is 13.0. The maximum atomic E-state index is 13.4. The SMILES string of the molecule is CC(C)CC(C)N(C)c1cc(F)cc(CO)c1. The molecule has 0 saturated carbocycles. The Hall–Kier alpha value is -1.09. The number of nitrogens with zero attached hydrogens (tertiary/aromatic N) is 1. The highest BCUT2D eigenvalue weighted by Crippen LogP contribution is 2.22. The minimum atomic E-state index is -0.296. The molecule has 0 fully saturated rings. The lowest BCUT2D eigenvalue weighted by atomic mass is 10.0. The van der Waals surface area contributed by atoms with Crippen molar-refractivity contribution in [3.63, 3.8) is 0 Å². The molecule has 0 heterocycles. The summed E-state index contributed by atoms with van der Waals surface area (Å²) in [7, 11) is 1.96. The Balaban J connectivity index is 2.87. The first kappa shape index (κ1) is 14.0. The van der Waals surface area contributed by atoms with Gasteiger partial charge in [-0.3, -0.25) is 0 Å². The molecule has 0 amide bonds. The van der Waals surface area contributed by atoms with Gasteiger partial charge < -0.3 is 10.0 Å². The second-order valence-corrected chi connectivity index (χ2v) is 5.07. The molecule has 1 unspecified atom stereocenters. The largest absolute Gasteiger partial charge is 0.392 e. The van der Waals surface area contributed by atoms with Gasteiger partial charge in [0.2, 0.25) is 0 Å². The Bertz CT molecular complexity index is 365. The third-order valence-corrected chi connectivity index (χ3v) is 3.01. The Morgan fingerprint density at radius 1 is 1.24 bits per heavy atom. The van der Waals surface area contributed by atoms with Crippen LogP contribution < -0.4 is 4.90 Å². The van der Waals surface area contributed by atoms with Gasteiger partial charge in [0.05, 0.1) is 6.61 Å². The van der Waals surface area contributed by atoms with Crippen LogP contribution in [0.4, 0.5) is 10.1 Å². The first-order chi connectivity index (χ1) is 7.93. The van der Waals surface area contributed by atoms with Crippen LogP contribution in [0.1, 0.15) is 32.8 Å². The van der Waals surface area contributed by atoms with E-state index in [1.807, 2.05) is 13.1 Å². The van der Waals surface area contributed by atoms with Crippen LogP contribution in [-0.4, -0.2) is 18.2 Å². The van der Waals surface area contributed by atoms with Crippen molar-refractivity contribution in [1.29, 1.82) is 0 Å². The molecule has 17 heavy (non-hydrogen) atoms. The van der Waals surface area contributed by atoms with Crippen molar-refractivity contribution in [1.82, 2.24) is 0 Å². The molecular formula is C14H22FNO. The quantitative estimate of drug-likeness (QED) is 0.853. The number of hydrogen-bond acceptors (Lipinski definition) is 2. The molecule has 1 atom stereocenters. The van der Waals surface area contributed by atoms with Gasteiger partial charge in [0.1, 0.15) is 5.82 Å². The minimum absolute atomic E-state index is 0.128. The third kappa shape index (κ3) is 4.00. The van der Waals surface area contributed by atoms with E-state index in [1.165, 1.54) is 12.1 Å². The highest BCUT2D eigenvalue weighted by atomic mass is 19.1. The monoisotopic (exact) mass is 239 g/mol. The standard InChI is InChI=1S/C14H22FNO/c1-10(2)5-11(3)16(4)14-7-12(9-17)6-13(15)8-14/h6-8,10-11,17H,5,9H2,1-4H3. The van der Waals surface area contributed by atoms with Crippen LogP contribution in [-0.2, 0) is 6.61 Å². The molecule has 1 rings (SSSR count). The van der Waals surface area contributed by atoms with Gasteiger partial charge in [-0.1, -0.05) is 13.8 Å². The van der Waals surface area contributed by atoms with E-state index in [0.717, 1.165) is 12.1 Å². The van der Waals surface area contributed by atoms with Gasteiger partial charge in [-0.2, -0.15) is 0 Å². The van der Waals surface area contributed by atoms with Gasteiger partial charge in [0.25, 0.3) is 0 Å². The second kappa shape index (κ2) is 6.01. The highest BCUT2D eigenvalue weighted by Gasteiger charge is 2.13. The van der Waals surface area contributed by atoms with Crippen molar-refractivity contribution in [2.45, 2.75) is 39.8 Å². The predicted octanol–water partition coefficient (Wildman–Crippen LogP) is 3.19. The molecule has 0 aliphatic rings. The van der Waals surface area contributed by atoms with E-state index in [1.54, 1.807) is 0 Å². The van der Waals surface area contributed by atoms with Crippen LogP contribution in [0.3, 0.4) is 0 Å². The molecule has 3 heteroatoms. The number of aliphatic hydroxyl groups excluding tert-OH is 1. The lowest BCUT2D eigenvalue weighted by molar-refractivity contribution is 0.281. The average molecular weight is 239 g/mol. The number of aliphatic hydroxyl groups is 1. The molecule has 0 bridgehead atoms. The first-order valence-electron chi connectivity index (χ1n) is 6.07. The Morgan fingerprint density at radius 2 is 1.88 bits per heavy atom. The lowest BCUT2D eigenvalue weighted by Gasteiger charge is -2.28. The van der Waals surface area contributed by atoms with Crippen molar-refractivity contribution in [2.75, 3.05) is 11.9 Å². The average Bonchev–Trinajstić information content (AvgIpc) is 2.26. The maximum Gasteiger partial charge on any atom is 0.125 e. The minimum Gasteiger partial charge on any atom is -0.392 e. The topological polar surface area (TPSA) is 23.5 Å². The fourth-order valence-corrected chi connectivity index (χ4v) is 2.02. The molecule has 2 nitrogen and oxygen atoms in total. The third-order valence-electron chi connectivity index (χ3n) is 3.01. The van der Waals surface area contributed by atoms with Crippen molar-refractivity contribution < 1.29 is 9.50 Å². The zero-order valence-electron chi connectivity index (χ0n) is 11.1. The molecule has 0 aromatic heterocycles. The first-order valence-corrected chi connectivity index (χ1v) is 6.07. The van der Waals surface area contributed by atoms with Crippen LogP contribution in [0, 0.1) is 11.7 Å². The normalized spacial score (nSPS) is 12.9. The van der Waals surface area contributed by atoms with Crippen LogP contribution in [0.25, 0.3) is 0 Å². The van der Waals surface area contributed by atoms with Gasteiger partial charge in [0.15, 0.2) is 0 Å². The summed E-state index contributed by atoms with van der Waals surface area (Å²) in [5.41, 5.74) is 1.44. The summed E-state index contributed by atoms with van der Waals surface area (Å²) in [6.07, 6.45) is 1.06.